The molecule has 1 aromatic carbocycles. The first-order valence-corrected chi connectivity index (χ1v) is 5.44. The van der Waals surface area contributed by atoms with Crippen molar-refractivity contribution in [3.63, 3.8) is 0 Å². The van der Waals surface area contributed by atoms with Gasteiger partial charge in [0.15, 0.2) is 0 Å². The van der Waals surface area contributed by atoms with Gasteiger partial charge in [0.25, 0.3) is 0 Å². The van der Waals surface area contributed by atoms with Crippen LogP contribution in [0.5, 0.6) is 0 Å². The molecule has 0 bridgehead atoms. The van der Waals surface area contributed by atoms with Gasteiger partial charge in [-0.05, 0) is 19.1 Å². The fourth-order valence-corrected chi connectivity index (χ4v) is 1.97. The first-order valence-electron chi connectivity index (χ1n) is 4.56. The summed E-state index contributed by atoms with van der Waals surface area (Å²) in [6, 6.07) is 5.20. The van der Waals surface area contributed by atoms with Gasteiger partial charge in [-0.1, -0.05) is 12.1 Å². The average Bonchev–Trinajstić information content (AvgIpc) is 2.64. The third-order valence-corrected chi connectivity index (χ3v) is 2.88. The molecule has 0 radical (unpaired) electrons. The van der Waals surface area contributed by atoms with E-state index in [0.717, 1.165) is 17.1 Å². The largest absolute Gasteiger partial charge is 0.416 e. The van der Waals surface area contributed by atoms with Crippen LogP contribution in [0.3, 0.4) is 0 Å². The van der Waals surface area contributed by atoms with E-state index < -0.39 is 11.7 Å². The molecule has 1 heterocycles. The lowest BCUT2D eigenvalue weighted by atomic mass is 10.1. The van der Waals surface area contributed by atoms with Gasteiger partial charge in [0.1, 0.15) is 0 Å². The minimum Gasteiger partial charge on any atom is -0.242 e. The van der Waals surface area contributed by atoms with Crippen LogP contribution < -0.4 is 0 Å². The molecular formula is C11H8F3NS. The molecule has 0 saturated carbocycles. The first kappa shape index (κ1) is 11.1. The summed E-state index contributed by atoms with van der Waals surface area (Å²) in [6.07, 6.45) is -4.30. The summed E-state index contributed by atoms with van der Waals surface area (Å²) < 4.78 is 37.4. The Bertz CT molecular complexity index is 502. The van der Waals surface area contributed by atoms with Gasteiger partial charge < -0.3 is 0 Å². The van der Waals surface area contributed by atoms with Crippen LogP contribution in [0.1, 0.15) is 10.6 Å². The second kappa shape index (κ2) is 3.90. The number of thiazole rings is 1. The summed E-state index contributed by atoms with van der Waals surface area (Å²) in [7, 11) is 0. The molecule has 1 nitrogen and oxygen atoms in total. The number of aryl methyl sites for hydroxylation is 1. The Morgan fingerprint density at radius 3 is 2.56 bits per heavy atom. The highest BCUT2D eigenvalue weighted by atomic mass is 32.1. The van der Waals surface area contributed by atoms with E-state index in [9.17, 15) is 13.2 Å². The van der Waals surface area contributed by atoms with E-state index in [1.54, 1.807) is 11.4 Å². The van der Waals surface area contributed by atoms with Crippen LogP contribution in [0.2, 0.25) is 0 Å². The standard InChI is InChI=1S/C11H8F3NS/c1-7-15-10(6-16-7)8-3-2-4-9(5-8)11(12,13)14/h2-6H,1H3. The van der Waals surface area contributed by atoms with Gasteiger partial charge in [-0.15, -0.1) is 11.3 Å². The van der Waals surface area contributed by atoms with Crippen molar-refractivity contribution in [3.8, 4) is 11.3 Å². The zero-order valence-corrected chi connectivity index (χ0v) is 9.19. The Labute approximate surface area is 94.6 Å². The van der Waals surface area contributed by atoms with Crippen molar-refractivity contribution < 1.29 is 13.2 Å². The lowest BCUT2D eigenvalue weighted by Gasteiger charge is -2.07. The highest BCUT2D eigenvalue weighted by molar-refractivity contribution is 7.09. The zero-order chi connectivity index (χ0) is 11.8. The molecule has 1 aromatic heterocycles. The Morgan fingerprint density at radius 2 is 2.00 bits per heavy atom. The maximum atomic E-state index is 12.5. The van der Waals surface area contributed by atoms with Gasteiger partial charge in [-0.3, -0.25) is 0 Å². The maximum Gasteiger partial charge on any atom is 0.416 e. The van der Waals surface area contributed by atoms with Crippen molar-refractivity contribution in [2.75, 3.05) is 0 Å². The third kappa shape index (κ3) is 2.24. The number of aromatic nitrogens is 1. The van der Waals surface area contributed by atoms with Gasteiger partial charge >= 0.3 is 6.18 Å². The maximum absolute atomic E-state index is 12.5. The van der Waals surface area contributed by atoms with Crippen LogP contribution in [-0.4, -0.2) is 4.98 Å². The molecule has 16 heavy (non-hydrogen) atoms. The quantitative estimate of drug-likeness (QED) is 0.733. The summed E-state index contributed by atoms with van der Waals surface area (Å²) in [5, 5.41) is 2.59. The fraction of sp³-hybridized carbons (Fsp3) is 0.182. The Kier molecular flexibility index (Phi) is 2.71. The van der Waals surface area contributed by atoms with Gasteiger partial charge in [-0.25, -0.2) is 4.98 Å². The van der Waals surface area contributed by atoms with Gasteiger partial charge in [0, 0.05) is 10.9 Å². The van der Waals surface area contributed by atoms with E-state index in [-0.39, 0.29) is 0 Å². The smallest absolute Gasteiger partial charge is 0.242 e. The molecule has 0 N–H and O–H groups in total. The lowest BCUT2D eigenvalue weighted by Crippen LogP contribution is -2.04. The van der Waals surface area contributed by atoms with Gasteiger partial charge in [0.2, 0.25) is 0 Å². The van der Waals surface area contributed by atoms with Crippen molar-refractivity contribution in [2.24, 2.45) is 0 Å². The van der Waals surface area contributed by atoms with Crippen LogP contribution in [-0.2, 0) is 6.18 Å². The Hall–Kier alpha value is -1.36. The van der Waals surface area contributed by atoms with Crippen molar-refractivity contribution >= 4 is 11.3 Å². The number of rotatable bonds is 1. The molecule has 0 atom stereocenters. The highest BCUT2D eigenvalue weighted by Crippen LogP contribution is 2.32. The normalized spacial score (nSPS) is 11.8. The van der Waals surface area contributed by atoms with Crippen molar-refractivity contribution in [2.45, 2.75) is 13.1 Å². The summed E-state index contributed by atoms with van der Waals surface area (Å²) >= 11 is 1.42. The second-order valence-electron chi connectivity index (χ2n) is 3.33. The van der Waals surface area contributed by atoms with Crippen LogP contribution in [0.25, 0.3) is 11.3 Å². The molecule has 0 aliphatic rings. The van der Waals surface area contributed by atoms with E-state index in [0.29, 0.717) is 11.3 Å². The van der Waals surface area contributed by atoms with Crippen molar-refractivity contribution in [1.82, 2.24) is 4.98 Å². The molecule has 0 fully saturated rings. The van der Waals surface area contributed by atoms with E-state index in [1.165, 1.54) is 17.4 Å². The van der Waals surface area contributed by atoms with E-state index in [1.807, 2.05) is 6.92 Å². The first-order chi connectivity index (χ1) is 7.47. The molecule has 0 amide bonds. The Balaban J connectivity index is 2.44. The van der Waals surface area contributed by atoms with E-state index in [2.05, 4.69) is 4.98 Å². The Morgan fingerprint density at radius 1 is 1.25 bits per heavy atom. The van der Waals surface area contributed by atoms with Crippen LogP contribution in [0, 0.1) is 6.92 Å². The minimum atomic E-state index is -4.30. The lowest BCUT2D eigenvalue weighted by molar-refractivity contribution is -0.137. The number of hydrogen-bond donors (Lipinski definition) is 0. The molecule has 0 spiro atoms. The predicted octanol–water partition coefficient (Wildman–Crippen LogP) is 4.14. The molecule has 0 aliphatic carbocycles. The SMILES string of the molecule is Cc1nc(-c2cccc(C(F)(F)F)c2)cs1. The number of halogens is 3. The molecule has 0 saturated heterocycles. The summed E-state index contributed by atoms with van der Waals surface area (Å²) in [4.78, 5) is 4.16. The minimum absolute atomic E-state index is 0.499. The number of nitrogens with zero attached hydrogens (tertiary/aromatic N) is 1. The number of benzene rings is 1. The summed E-state index contributed by atoms with van der Waals surface area (Å²) in [5.74, 6) is 0. The predicted molar refractivity (Wildman–Crippen MR) is 57.3 cm³/mol. The van der Waals surface area contributed by atoms with Crippen LogP contribution >= 0.6 is 11.3 Å². The van der Waals surface area contributed by atoms with Gasteiger partial charge in [0.05, 0.1) is 16.3 Å². The number of alkyl halides is 3. The molecule has 0 aliphatic heterocycles. The number of hydrogen-bond acceptors (Lipinski definition) is 2. The van der Waals surface area contributed by atoms with E-state index in [4.69, 9.17) is 0 Å². The molecule has 5 heteroatoms. The summed E-state index contributed by atoms with van der Waals surface area (Å²) in [6.45, 7) is 1.82. The molecular weight excluding hydrogens is 235 g/mol. The molecule has 0 unspecified atom stereocenters. The fourth-order valence-electron chi connectivity index (χ4n) is 1.35. The monoisotopic (exact) mass is 243 g/mol. The average molecular weight is 243 g/mol. The summed E-state index contributed by atoms with van der Waals surface area (Å²) in [5.41, 5.74) is 0.448. The second-order valence-corrected chi connectivity index (χ2v) is 4.39. The zero-order valence-electron chi connectivity index (χ0n) is 8.38. The molecule has 2 aromatic rings. The topological polar surface area (TPSA) is 12.9 Å². The van der Waals surface area contributed by atoms with Crippen molar-refractivity contribution in [3.05, 3.63) is 40.2 Å². The molecule has 2 rings (SSSR count). The van der Waals surface area contributed by atoms with Crippen molar-refractivity contribution in [1.29, 1.82) is 0 Å². The highest BCUT2D eigenvalue weighted by Gasteiger charge is 2.30. The van der Waals surface area contributed by atoms with E-state index >= 15 is 0 Å². The van der Waals surface area contributed by atoms with Gasteiger partial charge in [-0.2, -0.15) is 13.2 Å². The molecule has 84 valence electrons. The van der Waals surface area contributed by atoms with Crippen LogP contribution in [0.4, 0.5) is 13.2 Å². The van der Waals surface area contributed by atoms with Crippen LogP contribution in [0.15, 0.2) is 29.6 Å². The third-order valence-electron chi connectivity index (χ3n) is 2.10.